The van der Waals surface area contributed by atoms with E-state index in [9.17, 15) is 19.5 Å². The summed E-state index contributed by atoms with van der Waals surface area (Å²) >= 11 is 0. The molecule has 130 valence electrons. The maximum Gasteiger partial charge on any atom is 0.326 e. The smallest absolute Gasteiger partial charge is 0.326 e. The molecule has 1 fully saturated rings. The first kappa shape index (κ1) is 18.0. The van der Waals surface area contributed by atoms with Gasteiger partial charge in [0, 0.05) is 5.92 Å². The first-order chi connectivity index (χ1) is 11.6. The number of carbonyl (C=O) groups is 3. The van der Waals surface area contributed by atoms with E-state index in [1.165, 1.54) is 0 Å². The zero-order valence-electron chi connectivity index (χ0n) is 13.6. The fourth-order valence-corrected chi connectivity index (χ4v) is 2.82. The molecule has 1 amide bonds. The van der Waals surface area contributed by atoms with Gasteiger partial charge in [-0.05, 0) is 18.4 Å². The molecule has 0 aromatic heterocycles. The van der Waals surface area contributed by atoms with Crippen molar-refractivity contribution in [2.45, 2.75) is 51.2 Å². The minimum absolute atomic E-state index is 0.0859. The topological polar surface area (TPSA) is 92.7 Å². The number of carboxylic acid groups (broad SMARTS) is 1. The van der Waals surface area contributed by atoms with Crippen molar-refractivity contribution in [3.63, 3.8) is 0 Å². The summed E-state index contributed by atoms with van der Waals surface area (Å²) in [5.41, 5.74) is 0.823. The SMILES string of the molecule is O=C(CC(NC(=O)C1CCCCC1)C(=O)O)OCc1ccccc1. The first-order valence-electron chi connectivity index (χ1n) is 8.29. The Morgan fingerprint density at radius 3 is 2.42 bits per heavy atom. The Bertz CT molecular complexity index is 566. The number of nitrogens with one attached hydrogen (secondary N) is 1. The summed E-state index contributed by atoms with van der Waals surface area (Å²) in [6, 6.07) is 7.88. The standard InChI is InChI=1S/C18H23NO5/c20-16(24-12-13-7-3-1-4-8-13)11-15(18(22)23)19-17(21)14-9-5-2-6-10-14/h1,3-4,7-8,14-15H,2,5-6,9-12H2,(H,19,21)(H,22,23). The Labute approximate surface area is 141 Å². The molecule has 1 aromatic carbocycles. The number of aliphatic carboxylic acids is 1. The second-order valence-electron chi connectivity index (χ2n) is 6.08. The van der Waals surface area contributed by atoms with E-state index in [0.29, 0.717) is 0 Å². The van der Waals surface area contributed by atoms with Crippen LogP contribution in [0.15, 0.2) is 30.3 Å². The maximum absolute atomic E-state index is 12.1. The van der Waals surface area contributed by atoms with Gasteiger partial charge in [-0.3, -0.25) is 9.59 Å². The normalized spacial score (nSPS) is 16.2. The zero-order chi connectivity index (χ0) is 17.4. The van der Waals surface area contributed by atoms with E-state index in [1.54, 1.807) is 0 Å². The Kier molecular flexibility index (Phi) is 6.78. The van der Waals surface area contributed by atoms with Crippen LogP contribution in [0.5, 0.6) is 0 Å². The summed E-state index contributed by atoms with van der Waals surface area (Å²) in [7, 11) is 0. The van der Waals surface area contributed by atoms with Gasteiger partial charge in [0.1, 0.15) is 12.6 Å². The Morgan fingerprint density at radius 1 is 1.12 bits per heavy atom. The van der Waals surface area contributed by atoms with Crippen molar-refractivity contribution in [3.8, 4) is 0 Å². The van der Waals surface area contributed by atoms with Crippen LogP contribution in [0.3, 0.4) is 0 Å². The molecule has 2 N–H and O–H groups in total. The highest BCUT2D eigenvalue weighted by molar-refractivity contribution is 5.88. The average Bonchev–Trinajstić information content (AvgIpc) is 2.61. The highest BCUT2D eigenvalue weighted by Crippen LogP contribution is 2.23. The third-order valence-electron chi connectivity index (χ3n) is 4.20. The van der Waals surface area contributed by atoms with Gasteiger partial charge < -0.3 is 15.2 Å². The lowest BCUT2D eigenvalue weighted by molar-refractivity contribution is -0.151. The molecule has 1 aliphatic carbocycles. The van der Waals surface area contributed by atoms with Crippen molar-refractivity contribution in [2.24, 2.45) is 5.92 Å². The van der Waals surface area contributed by atoms with E-state index in [4.69, 9.17) is 4.74 Å². The van der Waals surface area contributed by atoms with E-state index in [2.05, 4.69) is 5.32 Å². The van der Waals surface area contributed by atoms with Gasteiger partial charge in [0.05, 0.1) is 6.42 Å². The minimum Gasteiger partial charge on any atom is -0.480 e. The molecule has 0 bridgehead atoms. The van der Waals surface area contributed by atoms with Gasteiger partial charge in [-0.2, -0.15) is 0 Å². The molecule has 6 nitrogen and oxygen atoms in total. The number of amides is 1. The molecular formula is C18H23NO5. The highest BCUT2D eigenvalue weighted by Gasteiger charge is 2.28. The molecule has 1 atom stereocenters. The van der Waals surface area contributed by atoms with E-state index >= 15 is 0 Å². The summed E-state index contributed by atoms with van der Waals surface area (Å²) in [5.74, 6) is -2.30. The molecule has 0 heterocycles. The Hall–Kier alpha value is -2.37. The van der Waals surface area contributed by atoms with Crippen LogP contribution in [0.4, 0.5) is 0 Å². The van der Waals surface area contributed by atoms with Gasteiger partial charge >= 0.3 is 11.9 Å². The molecule has 24 heavy (non-hydrogen) atoms. The number of carboxylic acids is 1. The molecular weight excluding hydrogens is 310 g/mol. The summed E-state index contributed by atoms with van der Waals surface area (Å²) in [4.78, 5) is 35.3. The second kappa shape index (κ2) is 9.05. The van der Waals surface area contributed by atoms with Gasteiger partial charge in [-0.1, -0.05) is 49.6 Å². The van der Waals surface area contributed by atoms with Gasteiger partial charge in [0.15, 0.2) is 0 Å². The van der Waals surface area contributed by atoms with Gasteiger partial charge in [0.25, 0.3) is 0 Å². The summed E-state index contributed by atoms with van der Waals surface area (Å²) < 4.78 is 5.08. The largest absolute Gasteiger partial charge is 0.480 e. The first-order valence-corrected chi connectivity index (χ1v) is 8.29. The van der Waals surface area contributed by atoms with Crippen molar-refractivity contribution < 1.29 is 24.2 Å². The third kappa shape index (κ3) is 5.68. The molecule has 1 unspecified atom stereocenters. The summed E-state index contributed by atoms with van der Waals surface area (Å²) in [6.07, 6.45) is 4.25. The lowest BCUT2D eigenvalue weighted by Gasteiger charge is -2.23. The molecule has 6 heteroatoms. The van der Waals surface area contributed by atoms with E-state index in [1.807, 2.05) is 30.3 Å². The lowest BCUT2D eigenvalue weighted by Crippen LogP contribution is -2.45. The van der Waals surface area contributed by atoms with Crippen molar-refractivity contribution in [1.82, 2.24) is 5.32 Å². The second-order valence-corrected chi connectivity index (χ2v) is 6.08. The predicted molar refractivity (Wildman–Crippen MR) is 87.0 cm³/mol. The van der Waals surface area contributed by atoms with Crippen LogP contribution in [0.2, 0.25) is 0 Å². The number of hydrogen-bond donors (Lipinski definition) is 2. The van der Waals surface area contributed by atoms with E-state index < -0.39 is 18.0 Å². The number of benzene rings is 1. The number of hydrogen-bond acceptors (Lipinski definition) is 4. The van der Waals surface area contributed by atoms with Crippen molar-refractivity contribution in [2.75, 3.05) is 0 Å². The third-order valence-corrected chi connectivity index (χ3v) is 4.20. The van der Waals surface area contributed by atoms with E-state index in [0.717, 1.165) is 37.7 Å². The summed E-state index contributed by atoms with van der Waals surface area (Å²) in [5, 5.41) is 11.7. The number of ether oxygens (including phenoxy) is 1. The molecule has 2 rings (SSSR count). The van der Waals surface area contributed by atoms with Crippen LogP contribution >= 0.6 is 0 Å². The van der Waals surface area contributed by atoms with Crippen molar-refractivity contribution in [1.29, 1.82) is 0 Å². The van der Waals surface area contributed by atoms with Crippen LogP contribution in [0.25, 0.3) is 0 Å². The van der Waals surface area contributed by atoms with Gasteiger partial charge in [-0.25, -0.2) is 4.79 Å². The molecule has 0 spiro atoms. The minimum atomic E-state index is -1.25. The number of esters is 1. The highest BCUT2D eigenvalue weighted by atomic mass is 16.5. The molecule has 0 saturated heterocycles. The fourth-order valence-electron chi connectivity index (χ4n) is 2.82. The zero-order valence-corrected chi connectivity index (χ0v) is 13.6. The van der Waals surface area contributed by atoms with Crippen LogP contribution < -0.4 is 5.32 Å². The van der Waals surface area contributed by atoms with Crippen molar-refractivity contribution >= 4 is 17.8 Å². The molecule has 0 radical (unpaired) electrons. The number of rotatable bonds is 7. The van der Waals surface area contributed by atoms with E-state index in [-0.39, 0.29) is 24.9 Å². The Morgan fingerprint density at radius 2 is 1.79 bits per heavy atom. The maximum atomic E-state index is 12.1. The quantitative estimate of drug-likeness (QED) is 0.747. The van der Waals surface area contributed by atoms with Crippen LogP contribution in [0.1, 0.15) is 44.1 Å². The monoisotopic (exact) mass is 333 g/mol. The molecule has 0 aliphatic heterocycles. The van der Waals surface area contributed by atoms with Crippen molar-refractivity contribution in [3.05, 3.63) is 35.9 Å². The molecule has 1 aliphatic rings. The predicted octanol–water partition coefficient (Wildman–Crippen LogP) is 2.27. The average molecular weight is 333 g/mol. The molecule has 1 saturated carbocycles. The van der Waals surface area contributed by atoms with Crippen LogP contribution in [-0.2, 0) is 25.7 Å². The van der Waals surface area contributed by atoms with Crippen LogP contribution in [0, 0.1) is 5.92 Å². The van der Waals surface area contributed by atoms with Gasteiger partial charge in [0.2, 0.25) is 5.91 Å². The van der Waals surface area contributed by atoms with Crippen LogP contribution in [-0.4, -0.2) is 29.0 Å². The molecule has 1 aromatic rings. The number of carbonyl (C=O) groups excluding carboxylic acids is 2. The summed E-state index contributed by atoms with van der Waals surface area (Å²) in [6.45, 7) is 0.0859. The lowest BCUT2D eigenvalue weighted by atomic mass is 9.88. The Balaban J connectivity index is 1.82. The van der Waals surface area contributed by atoms with Gasteiger partial charge in [-0.15, -0.1) is 0 Å². The fraction of sp³-hybridized carbons (Fsp3) is 0.500.